The van der Waals surface area contributed by atoms with Crippen LogP contribution in [0.2, 0.25) is 0 Å². The van der Waals surface area contributed by atoms with Gasteiger partial charge in [0.05, 0.1) is 5.69 Å². The van der Waals surface area contributed by atoms with Crippen molar-refractivity contribution < 1.29 is 0 Å². The largest absolute Gasteiger partial charge is 0.258 e. The Morgan fingerprint density at radius 2 is 1.85 bits per heavy atom. The van der Waals surface area contributed by atoms with Crippen LogP contribution >= 0.6 is 0 Å². The van der Waals surface area contributed by atoms with Gasteiger partial charge < -0.3 is 0 Å². The van der Waals surface area contributed by atoms with Gasteiger partial charge in [-0.2, -0.15) is 0 Å². The molecule has 0 saturated carbocycles. The molecule has 1 heteroatoms. The molecule has 0 aromatic heterocycles. The van der Waals surface area contributed by atoms with E-state index in [1.165, 1.54) is 17.7 Å². The Hall–Kier alpha value is -1.11. The second-order valence-corrected chi connectivity index (χ2v) is 3.43. The molecule has 0 unspecified atom stereocenters. The maximum absolute atomic E-state index is 4.51. The molecule has 0 aliphatic heterocycles. The Balaban J connectivity index is 2.73. The number of benzene rings is 1. The first-order chi connectivity index (χ1) is 6.22. The highest BCUT2D eigenvalue weighted by Gasteiger charge is 1.91. The van der Waals surface area contributed by atoms with Gasteiger partial charge >= 0.3 is 0 Å². The quantitative estimate of drug-likeness (QED) is 0.618. The molecule has 0 bridgehead atoms. The normalized spacial score (nSPS) is 11.8. The molecular weight excluding hydrogens is 158 g/mol. The average Bonchev–Trinajstić information content (AvgIpc) is 2.09. The number of nitrogens with zero attached hydrogens (tertiary/aromatic N) is 1. The summed E-state index contributed by atoms with van der Waals surface area (Å²) in [5.41, 5.74) is 3.56. The van der Waals surface area contributed by atoms with Gasteiger partial charge in [0.1, 0.15) is 0 Å². The van der Waals surface area contributed by atoms with E-state index in [0.29, 0.717) is 0 Å². The van der Waals surface area contributed by atoms with Crippen LogP contribution in [0.4, 0.5) is 5.69 Å². The first-order valence-electron chi connectivity index (χ1n) is 4.83. The van der Waals surface area contributed by atoms with Crippen molar-refractivity contribution in [2.24, 2.45) is 4.99 Å². The Bertz CT molecular complexity index is 282. The Morgan fingerprint density at radius 1 is 1.23 bits per heavy atom. The van der Waals surface area contributed by atoms with Crippen molar-refractivity contribution >= 4 is 11.4 Å². The van der Waals surface area contributed by atoms with Crippen LogP contribution in [0.3, 0.4) is 0 Å². The maximum Gasteiger partial charge on any atom is 0.0629 e. The summed E-state index contributed by atoms with van der Waals surface area (Å²) in [6.07, 6.45) is 2.26. The second-order valence-electron chi connectivity index (χ2n) is 3.43. The van der Waals surface area contributed by atoms with Gasteiger partial charge in [0.15, 0.2) is 0 Å². The first kappa shape index (κ1) is 9.97. The van der Waals surface area contributed by atoms with Crippen molar-refractivity contribution in [2.45, 2.75) is 33.6 Å². The minimum atomic E-state index is 1.07. The lowest BCUT2D eigenvalue weighted by molar-refractivity contribution is 0.988. The van der Waals surface area contributed by atoms with E-state index < -0.39 is 0 Å². The molecular formula is C12H17N. The lowest BCUT2D eigenvalue weighted by Crippen LogP contribution is -1.87. The van der Waals surface area contributed by atoms with Crippen LogP contribution < -0.4 is 0 Å². The first-order valence-corrected chi connectivity index (χ1v) is 4.83. The SMILES string of the molecule is CCCC(C)=Nc1ccc(C)cc1. The summed E-state index contributed by atoms with van der Waals surface area (Å²) in [6, 6.07) is 8.32. The van der Waals surface area contributed by atoms with E-state index in [9.17, 15) is 0 Å². The van der Waals surface area contributed by atoms with Crippen molar-refractivity contribution in [3.8, 4) is 0 Å². The van der Waals surface area contributed by atoms with E-state index >= 15 is 0 Å². The highest BCUT2D eigenvalue weighted by molar-refractivity contribution is 5.84. The zero-order valence-electron chi connectivity index (χ0n) is 8.67. The second kappa shape index (κ2) is 4.80. The van der Waals surface area contributed by atoms with Gasteiger partial charge in [-0.05, 0) is 32.4 Å². The molecule has 0 aliphatic carbocycles. The molecule has 1 rings (SSSR count). The van der Waals surface area contributed by atoms with Crippen LogP contribution in [0.1, 0.15) is 32.3 Å². The number of hydrogen-bond donors (Lipinski definition) is 0. The number of aliphatic imine (C=N–C) groups is 1. The van der Waals surface area contributed by atoms with Crippen LogP contribution in [-0.4, -0.2) is 5.71 Å². The van der Waals surface area contributed by atoms with Gasteiger partial charge in [0, 0.05) is 5.71 Å². The minimum Gasteiger partial charge on any atom is -0.258 e. The van der Waals surface area contributed by atoms with Gasteiger partial charge in [-0.25, -0.2) is 0 Å². The summed E-state index contributed by atoms with van der Waals surface area (Å²) in [7, 11) is 0. The monoisotopic (exact) mass is 175 g/mol. The van der Waals surface area contributed by atoms with E-state index in [-0.39, 0.29) is 0 Å². The fraction of sp³-hybridized carbons (Fsp3) is 0.417. The van der Waals surface area contributed by atoms with Crippen molar-refractivity contribution in [3.05, 3.63) is 29.8 Å². The smallest absolute Gasteiger partial charge is 0.0629 e. The fourth-order valence-corrected chi connectivity index (χ4v) is 1.26. The third-order valence-corrected chi connectivity index (χ3v) is 1.97. The average molecular weight is 175 g/mol. The van der Waals surface area contributed by atoms with Crippen molar-refractivity contribution in [2.75, 3.05) is 0 Å². The highest BCUT2D eigenvalue weighted by Crippen LogP contribution is 2.13. The predicted octanol–water partition coefficient (Wildman–Crippen LogP) is 3.89. The number of hydrogen-bond acceptors (Lipinski definition) is 1. The van der Waals surface area contributed by atoms with E-state index in [4.69, 9.17) is 0 Å². The predicted molar refractivity (Wildman–Crippen MR) is 58.9 cm³/mol. The Kier molecular flexibility index (Phi) is 3.69. The molecule has 1 nitrogen and oxygen atoms in total. The molecule has 0 aliphatic rings. The third kappa shape index (κ3) is 3.41. The van der Waals surface area contributed by atoms with E-state index in [2.05, 4.69) is 50.0 Å². The van der Waals surface area contributed by atoms with Crippen LogP contribution in [0.15, 0.2) is 29.3 Å². The van der Waals surface area contributed by atoms with Crippen molar-refractivity contribution in [1.29, 1.82) is 0 Å². The Morgan fingerprint density at radius 3 is 2.38 bits per heavy atom. The van der Waals surface area contributed by atoms with Crippen LogP contribution in [0.25, 0.3) is 0 Å². The summed E-state index contributed by atoms with van der Waals surface area (Å²) in [5, 5.41) is 0. The van der Waals surface area contributed by atoms with Crippen LogP contribution in [0.5, 0.6) is 0 Å². The minimum absolute atomic E-state index is 1.07. The zero-order valence-corrected chi connectivity index (χ0v) is 8.67. The van der Waals surface area contributed by atoms with E-state index in [0.717, 1.165) is 12.1 Å². The highest BCUT2D eigenvalue weighted by atomic mass is 14.7. The molecule has 0 amide bonds. The van der Waals surface area contributed by atoms with Crippen molar-refractivity contribution in [3.63, 3.8) is 0 Å². The zero-order chi connectivity index (χ0) is 9.68. The summed E-state index contributed by atoms with van der Waals surface area (Å²) in [6.45, 7) is 6.35. The lowest BCUT2D eigenvalue weighted by atomic mass is 10.2. The third-order valence-electron chi connectivity index (χ3n) is 1.97. The summed E-state index contributed by atoms with van der Waals surface area (Å²) in [5.74, 6) is 0. The molecule has 0 radical (unpaired) electrons. The maximum atomic E-state index is 4.51. The van der Waals surface area contributed by atoms with Gasteiger partial charge in [-0.3, -0.25) is 4.99 Å². The summed E-state index contributed by atoms with van der Waals surface area (Å²) in [4.78, 5) is 4.51. The molecule has 70 valence electrons. The van der Waals surface area contributed by atoms with Gasteiger partial charge in [-0.15, -0.1) is 0 Å². The standard InChI is InChI=1S/C12H17N/c1-4-5-11(3)13-12-8-6-10(2)7-9-12/h6-9H,4-5H2,1-3H3. The number of aryl methyl sites for hydroxylation is 1. The van der Waals surface area contributed by atoms with E-state index in [1.54, 1.807) is 0 Å². The van der Waals surface area contributed by atoms with Crippen LogP contribution in [-0.2, 0) is 0 Å². The molecule has 0 fully saturated rings. The lowest BCUT2D eigenvalue weighted by Gasteiger charge is -1.98. The van der Waals surface area contributed by atoms with Gasteiger partial charge in [-0.1, -0.05) is 31.0 Å². The molecule has 13 heavy (non-hydrogen) atoms. The molecule has 0 saturated heterocycles. The molecule has 0 spiro atoms. The molecule has 0 atom stereocenters. The fourth-order valence-electron chi connectivity index (χ4n) is 1.26. The van der Waals surface area contributed by atoms with Crippen molar-refractivity contribution in [1.82, 2.24) is 0 Å². The summed E-state index contributed by atoms with van der Waals surface area (Å²) >= 11 is 0. The molecule has 1 aromatic carbocycles. The molecule has 0 heterocycles. The topological polar surface area (TPSA) is 12.4 Å². The van der Waals surface area contributed by atoms with Gasteiger partial charge in [0.2, 0.25) is 0 Å². The van der Waals surface area contributed by atoms with E-state index in [1.807, 2.05) is 0 Å². The number of rotatable bonds is 3. The van der Waals surface area contributed by atoms with Crippen LogP contribution in [0, 0.1) is 6.92 Å². The van der Waals surface area contributed by atoms with Gasteiger partial charge in [0.25, 0.3) is 0 Å². The molecule has 0 N–H and O–H groups in total. The summed E-state index contributed by atoms with van der Waals surface area (Å²) < 4.78 is 0. The Labute approximate surface area is 80.5 Å². The molecule has 1 aromatic rings.